The molecule has 2 aliphatic heterocycles. The van der Waals surface area contributed by atoms with Gasteiger partial charge in [0.1, 0.15) is 0 Å². The van der Waals surface area contributed by atoms with E-state index in [4.69, 9.17) is 19.9 Å². The van der Waals surface area contributed by atoms with Crippen molar-refractivity contribution in [1.82, 2.24) is 4.90 Å². The molecule has 1 amide bonds. The van der Waals surface area contributed by atoms with Gasteiger partial charge < -0.3 is 25.3 Å². The summed E-state index contributed by atoms with van der Waals surface area (Å²) in [6, 6.07) is 5.35. The summed E-state index contributed by atoms with van der Waals surface area (Å²) in [6.07, 6.45) is 0.0112. The number of hydrogen-bond donors (Lipinski definition) is 2. The number of hydrogen-bond acceptors (Lipinski definition) is 6. The first-order valence-corrected chi connectivity index (χ1v) is 6.98. The third-order valence-corrected chi connectivity index (χ3v) is 3.51. The molecule has 0 aliphatic carbocycles. The first-order valence-electron chi connectivity index (χ1n) is 6.98. The molecule has 1 unspecified atom stereocenters. The van der Waals surface area contributed by atoms with E-state index in [1.165, 1.54) is 0 Å². The molecule has 0 saturated carbocycles. The molecule has 3 N–H and O–H groups in total. The lowest BCUT2D eigenvalue weighted by atomic mass is 10.2. The van der Waals surface area contributed by atoms with E-state index < -0.39 is 0 Å². The zero-order valence-corrected chi connectivity index (χ0v) is 11.7. The molecule has 2 aliphatic rings. The van der Waals surface area contributed by atoms with Crippen LogP contribution in [-0.4, -0.2) is 56.5 Å². The molecule has 7 nitrogen and oxygen atoms in total. The van der Waals surface area contributed by atoms with Crippen molar-refractivity contribution in [2.24, 2.45) is 5.73 Å². The monoisotopic (exact) mass is 293 g/mol. The van der Waals surface area contributed by atoms with Gasteiger partial charge in [0.2, 0.25) is 12.7 Å². The molecule has 114 valence electrons. The molecule has 0 bridgehead atoms. The largest absolute Gasteiger partial charge is 0.454 e. The molecule has 1 atom stereocenters. The maximum atomic E-state index is 12.1. The lowest BCUT2D eigenvalue weighted by Crippen LogP contribution is -2.48. The van der Waals surface area contributed by atoms with E-state index in [2.05, 4.69) is 5.32 Å². The molecule has 2 heterocycles. The number of nitrogens with one attached hydrogen (secondary N) is 1. The van der Waals surface area contributed by atoms with E-state index in [0.29, 0.717) is 43.4 Å². The number of ether oxygens (including phenoxy) is 3. The summed E-state index contributed by atoms with van der Waals surface area (Å²) in [7, 11) is 0. The fourth-order valence-corrected chi connectivity index (χ4v) is 2.44. The number of nitrogens with zero attached hydrogens (tertiary/aromatic N) is 1. The first-order chi connectivity index (χ1) is 10.2. The van der Waals surface area contributed by atoms with Crippen molar-refractivity contribution in [2.75, 3.05) is 44.9 Å². The van der Waals surface area contributed by atoms with Crippen molar-refractivity contribution in [3.05, 3.63) is 18.2 Å². The molecule has 0 aromatic heterocycles. The predicted molar refractivity (Wildman–Crippen MR) is 76.4 cm³/mol. The quantitative estimate of drug-likeness (QED) is 0.813. The summed E-state index contributed by atoms with van der Waals surface area (Å²) in [6.45, 7) is 3.06. The topological polar surface area (TPSA) is 86.1 Å². The molecule has 1 saturated heterocycles. The fraction of sp³-hybridized carbons (Fsp3) is 0.500. The number of rotatable bonds is 4. The summed E-state index contributed by atoms with van der Waals surface area (Å²) in [5.41, 5.74) is 6.30. The Morgan fingerprint density at radius 1 is 1.38 bits per heavy atom. The van der Waals surface area contributed by atoms with Crippen LogP contribution in [0.3, 0.4) is 0 Å². The van der Waals surface area contributed by atoms with E-state index in [1.807, 2.05) is 4.90 Å². The summed E-state index contributed by atoms with van der Waals surface area (Å²) in [5.74, 6) is 1.29. The lowest BCUT2D eigenvalue weighted by molar-refractivity contribution is -0.119. The van der Waals surface area contributed by atoms with Gasteiger partial charge in [-0.2, -0.15) is 0 Å². The minimum absolute atomic E-state index is 0.0112. The Hall–Kier alpha value is -1.83. The summed E-state index contributed by atoms with van der Waals surface area (Å²) < 4.78 is 16.0. The molecule has 21 heavy (non-hydrogen) atoms. The van der Waals surface area contributed by atoms with Gasteiger partial charge in [-0.25, -0.2) is 0 Å². The van der Waals surface area contributed by atoms with Crippen LogP contribution in [0.1, 0.15) is 0 Å². The Bertz CT molecular complexity index is 523. The average molecular weight is 293 g/mol. The minimum atomic E-state index is -0.0634. The van der Waals surface area contributed by atoms with Gasteiger partial charge in [-0.1, -0.05) is 0 Å². The van der Waals surface area contributed by atoms with Gasteiger partial charge in [-0.15, -0.1) is 0 Å². The normalized spacial score (nSPS) is 21.3. The second kappa shape index (κ2) is 6.30. The van der Waals surface area contributed by atoms with Gasteiger partial charge >= 0.3 is 0 Å². The highest BCUT2D eigenvalue weighted by Gasteiger charge is 2.21. The number of benzene rings is 1. The Labute approximate surface area is 122 Å². The van der Waals surface area contributed by atoms with Gasteiger partial charge in [0.15, 0.2) is 11.5 Å². The summed E-state index contributed by atoms with van der Waals surface area (Å²) in [4.78, 5) is 14.1. The van der Waals surface area contributed by atoms with Crippen LogP contribution in [0, 0.1) is 0 Å². The van der Waals surface area contributed by atoms with Crippen LogP contribution < -0.4 is 20.5 Å². The Kier molecular flexibility index (Phi) is 4.23. The Morgan fingerprint density at radius 3 is 3.10 bits per heavy atom. The number of fused-ring (bicyclic) bond motifs is 1. The molecule has 1 aromatic rings. The molecule has 3 rings (SSSR count). The van der Waals surface area contributed by atoms with Crippen molar-refractivity contribution < 1.29 is 19.0 Å². The van der Waals surface area contributed by atoms with Crippen LogP contribution >= 0.6 is 0 Å². The van der Waals surface area contributed by atoms with E-state index in [9.17, 15) is 4.79 Å². The SMILES string of the molecule is NCC1CN(CC(=O)Nc2ccc3c(c2)OCO3)CCO1. The van der Waals surface area contributed by atoms with Crippen molar-refractivity contribution in [3.63, 3.8) is 0 Å². The first kappa shape index (κ1) is 14.1. The number of carbonyl (C=O) groups is 1. The summed E-state index contributed by atoms with van der Waals surface area (Å²) in [5, 5.41) is 2.86. The number of anilines is 1. The van der Waals surface area contributed by atoms with E-state index in [0.717, 1.165) is 6.54 Å². The second-order valence-electron chi connectivity index (χ2n) is 5.08. The van der Waals surface area contributed by atoms with E-state index in [-0.39, 0.29) is 18.8 Å². The van der Waals surface area contributed by atoms with Crippen molar-refractivity contribution in [1.29, 1.82) is 0 Å². The van der Waals surface area contributed by atoms with Crippen LogP contribution in [0.4, 0.5) is 5.69 Å². The van der Waals surface area contributed by atoms with Crippen molar-refractivity contribution in [3.8, 4) is 11.5 Å². The highest BCUT2D eigenvalue weighted by molar-refractivity contribution is 5.92. The van der Waals surface area contributed by atoms with Gasteiger partial charge in [0.05, 0.1) is 19.3 Å². The maximum Gasteiger partial charge on any atom is 0.238 e. The zero-order valence-electron chi connectivity index (χ0n) is 11.7. The molecule has 0 radical (unpaired) electrons. The number of amides is 1. The molecule has 0 spiro atoms. The third kappa shape index (κ3) is 3.44. The number of nitrogens with two attached hydrogens (primary N) is 1. The molecule has 1 fully saturated rings. The Morgan fingerprint density at radius 2 is 2.24 bits per heavy atom. The molecular formula is C14H19N3O4. The highest BCUT2D eigenvalue weighted by atomic mass is 16.7. The molecule has 7 heteroatoms. The van der Waals surface area contributed by atoms with Crippen molar-refractivity contribution in [2.45, 2.75) is 6.10 Å². The minimum Gasteiger partial charge on any atom is -0.454 e. The van der Waals surface area contributed by atoms with E-state index in [1.54, 1.807) is 18.2 Å². The van der Waals surface area contributed by atoms with Gasteiger partial charge in [-0.05, 0) is 12.1 Å². The van der Waals surface area contributed by atoms with Crippen LogP contribution in [-0.2, 0) is 9.53 Å². The van der Waals surface area contributed by atoms with E-state index >= 15 is 0 Å². The number of carbonyl (C=O) groups excluding carboxylic acids is 1. The van der Waals surface area contributed by atoms with Crippen LogP contribution in [0.2, 0.25) is 0 Å². The standard InChI is InChI=1S/C14H19N3O4/c15-6-11-7-17(3-4-19-11)8-14(18)16-10-1-2-12-13(5-10)21-9-20-12/h1-2,5,11H,3-4,6-9,15H2,(H,16,18). The van der Waals surface area contributed by atoms with Crippen LogP contribution in [0.5, 0.6) is 11.5 Å². The predicted octanol–water partition coefficient (Wildman–Crippen LogP) is 0.0133. The average Bonchev–Trinajstić information content (AvgIpc) is 2.95. The smallest absolute Gasteiger partial charge is 0.238 e. The molecular weight excluding hydrogens is 274 g/mol. The number of morpholine rings is 1. The highest BCUT2D eigenvalue weighted by Crippen LogP contribution is 2.34. The second-order valence-corrected chi connectivity index (χ2v) is 5.08. The Balaban J connectivity index is 1.54. The molecule has 1 aromatic carbocycles. The zero-order chi connectivity index (χ0) is 14.7. The van der Waals surface area contributed by atoms with Crippen molar-refractivity contribution >= 4 is 11.6 Å². The summed E-state index contributed by atoms with van der Waals surface area (Å²) >= 11 is 0. The fourth-order valence-electron chi connectivity index (χ4n) is 2.44. The van der Waals surface area contributed by atoms with Crippen LogP contribution in [0.25, 0.3) is 0 Å². The maximum absolute atomic E-state index is 12.1. The van der Waals surface area contributed by atoms with Gasteiger partial charge in [0.25, 0.3) is 0 Å². The lowest BCUT2D eigenvalue weighted by Gasteiger charge is -2.31. The van der Waals surface area contributed by atoms with Crippen LogP contribution in [0.15, 0.2) is 18.2 Å². The van der Waals surface area contributed by atoms with Gasteiger partial charge in [0, 0.05) is 31.4 Å². The third-order valence-electron chi connectivity index (χ3n) is 3.51. The van der Waals surface area contributed by atoms with Gasteiger partial charge in [-0.3, -0.25) is 9.69 Å².